The van der Waals surface area contributed by atoms with Crippen LogP contribution in [0.2, 0.25) is 0 Å². The number of hydrogen-bond donors (Lipinski definition) is 0. The lowest BCUT2D eigenvalue weighted by molar-refractivity contribution is -0.146. The van der Waals surface area contributed by atoms with Gasteiger partial charge in [-0.25, -0.2) is 0 Å². The van der Waals surface area contributed by atoms with E-state index in [1.54, 1.807) is 7.11 Å². The van der Waals surface area contributed by atoms with Crippen LogP contribution >= 0.6 is 0 Å². The maximum Gasteiger partial charge on any atom is 0.308 e. The van der Waals surface area contributed by atoms with Crippen molar-refractivity contribution >= 4 is 5.97 Å². The van der Waals surface area contributed by atoms with Gasteiger partial charge < -0.3 is 14.2 Å². The fourth-order valence-corrected chi connectivity index (χ4v) is 5.56. The zero-order valence-corrected chi connectivity index (χ0v) is 26.2. The van der Waals surface area contributed by atoms with E-state index in [1.807, 2.05) is 0 Å². The molecule has 0 saturated heterocycles. The highest BCUT2D eigenvalue weighted by Gasteiger charge is 2.45. The summed E-state index contributed by atoms with van der Waals surface area (Å²) in [6.07, 6.45) is 24.2. The summed E-state index contributed by atoms with van der Waals surface area (Å²) in [5.41, 5.74) is 0. The molecule has 38 heavy (non-hydrogen) atoms. The first-order valence-electron chi connectivity index (χ1n) is 16.5. The van der Waals surface area contributed by atoms with Gasteiger partial charge in [0.2, 0.25) is 0 Å². The van der Waals surface area contributed by atoms with Gasteiger partial charge in [0.25, 0.3) is 0 Å². The number of carbonyl (C=O) groups excluding carboxylic acids is 1. The molecule has 0 aromatic heterocycles. The van der Waals surface area contributed by atoms with Gasteiger partial charge in [-0.05, 0) is 51.5 Å². The smallest absolute Gasteiger partial charge is 0.308 e. The summed E-state index contributed by atoms with van der Waals surface area (Å²) in [6.45, 7) is 9.75. The van der Waals surface area contributed by atoms with Crippen molar-refractivity contribution < 1.29 is 19.0 Å². The van der Waals surface area contributed by atoms with Crippen LogP contribution in [-0.2, 0) is 19.0 Å². The van der Waals surface area contributed by atoms with Gasteiger partial charge >= 0.3 is 5.97 Å². The van der Waals surface area contributed by atoms with E-state index in [2.05, 4.69) is 32.7 Å². The highest BCUT2D eigenvalue weighted by atomic mass is 16.5. The number of methoxy groups -OCH3 is 1. The molecule has 0 aromatic carbocycles. The lowest BCUT2D eigenvalue weighted by Gasteiger charge is -2.24. The van der Waals surface area contributed by atoms with Gasteiger partial charge in [-0.1, -0.05) is 110 Å². The molecule has 1 aliphatic rings. The fourth-order valence-electron chi connectivity index (χ4n) is 5.56. The summed E-state index contributed by atoms with van der Waals surface area (Å²) in [4.78, 5) is 14.6. The first-order chi connectivity index (χ1) is 18.5. The number of rotatable bonds is 28. The number of ether oxygens (including phenoxy) is 3. The van der Waals surface area contributed by atoms with Gasteiger partial charge in [0.1, 0.15) is 0 Å². The number of hydrogen-bond acceptors (Lipinski definition) is 5. The molecule has 5 heteroatoms. The van der Waals surface area contributed by atoms with E-state index in [1.165, 1.54) is 103 Å². The van der Waals surface area contributed by atoms with Crippen LogP contribution in [0.5, 0.6) is 0 Å². The number of unbranched alkanes of at least 4 members (excludes halogenated alkanes) is 13. The average molecular weight is 540 g/mol. The number of likely N-dealkylation sites (N-methyl/N-ethyl adjacent to an activating group) is 1. The molecule has 0 radical (unpaired) electrons. The minimum absolute atomic E-state index is 0.00332. The first kappa shape index (κ1) is 35.4. The molecule has 0 heterocycles. The van der Waals surface area contributed by atoms with E-state index < -0.39 is 0 Å². The average Bonchev–Trinajstić information content (AvgIpc) is 3.69. The Morgan fingerprint density at radius 1 is 0.789 bits per heavy atom. The third-order valence-corrected chi connectivity index (χ3v) is 8.53. The molecule has 4 unspecified atom stereocenters. The molecule has 0 bridgehead atoms. The minimum Gasteiger partial charge on any atom is -0.469 e. The topological polar surface area (TPSA) is 48.0 Å². The number of nitrogens with zero attached hydrogens (tertiary/aromatic N) is 1. The molecule has 0 N–H and O–H groups in total. The molecule has 1 saturated carbocycles. The molecule has 4 atom stereocenters. The predicted molar refractivity (Wildman–Crippen MR) is 160 cm³/mol. The Labute approximate surface area is 237 Å². The summed E-state index contributed by atoms with van der Waals surface area (Å²) < 4.78 is 17.0. The maximum atomic E-state index is 12.4. The molecule has 0 amide bonds. The maximum absolute atomic E-state index is 12.4. The van der Waals surface area contributed by atoms with Gasteiger partial charge in [0.15, 0.2) is 0 Å². The molecule has 226 valence electrons. The van der Waals surface area contributed by atoms with Crippen LogP contribution in [0.15, 0.2) is 0 Å². The quantitative estimate of drug-likeness (QED) is 0.0565. The zero-order valence-electron chi connectivity index (χ0n) is 26.2. The van der Waals surface area contributed by atoms with E-state index in [-0.39, 0.29) is 11.9 Å². The molecule has 1 rings (SSSR count). The highest BCUT2D eigenvalue weighted by Crippen LogP contribution is 2.49. The van der Waals surface area contributed by atoms with Gasteiger partial charge in [0, 0.05) is 19.3 Å². The van der Waals surface area contributed by atoms with Crippen molar-refractivity contribution in [2.45, 2.75) is 149 Å². The number of esters is 1. The highest BCUT2D eigenvalue weighted by molar-refractivity contribution is 5.73. The summed E-state index contributed by atoms with van der Waals surface area (Å²) >= 11 is 0. The molecule has 5 nitrogen and oxygen atoms in total. The van der Waals surface area contributed by atoms with Crippen LogP contribution in [0.4, 0.5) is 0 Å². The summed E-state index contributed by atoms with van der Waals surface area (Å²) in [5.74, 6) is 1.39. The van der Waals surface area contributed by atoms with E-state index in [0.29, 0.717) is 18.7 Å². The lowest BCUT2D eigenvalue weighted by Crippen LogP contribution is -2.35. The Kier molecular flexibility index (Phi) is 22.5. The second kappa shape index (κ2) is 24.2. The summed E-state index contributed by atoms with van der Waals surface area (Å²) in [7, 11) is 3.65. The third kappa shape index (κ3) is 17.8. The van der Waals surface area contributed by atoms with Crippen LogP contribution in [0.25, 0.3) is 0 Å². The van der Waals surface area contributed by atoms with Crippen molar-refractivity contribution in [2.75, 3.05) is 40.7 Å². The molecule has 0 aliphatic heterocycles. The predicted octanol–water partition coefficient (Wildman–Crippen LogP) is 8.78. The molecule has 1 aliphatic carbocycles. The largest absolute Gasteiger partial charge is 0.469 e. The van der Waals surface area contributed by atoms with Crippen molar-refractivity contribution in [2.24, 2.45) is 17.8 Å². The van der Waals surface area contributed by atoms with E-state index >= 15 is 0 Å². The second-order valence-electron chi connectivity index (χ2n) is 12.0. The molecular weight excluding hydrogens is 474 g/mol. The summed E-state index contributed by atoms with van der Waals surface area (Å²) in [6, 6.07) is 0.338. The Morgan fingerprint density at radius 2 is 1.34 bits per heavy atom. The third-order valence-electron chi connectivity index (χ3n) is 8.53. The second-order valence-corrected chi connectivity index (χ2v) is 12.0. The van der Waals surface area contributed by atoms with E-state index in [9.17, 15) is 4.79 Å². The van der Waals surface area contributed by atoms with E-state index in [4.69, 9.17) is 14.2 Å². The lowest BCUT2D eigenvalue weighted by atomic mass is 9.94. The van der Waals surface area contributed by atoms with Crippen molar-refractivity contribution in [3.63, 3.8) is 0 Å². The Morgan fingerprint density at radius 3 is 1.97 bits per heavy atom. The molecule has 1 fully saturated rings. The molecule has 0 spiro atoms. The van der Waals surface area contributed by atoms with Crippen molar-refractivity contribution in [3.05, 3.63) is 0 Å². The van der Waals surface area contributed by atoms with Crippen molar-refractivity contribution in [3.8, 4) is 0 Å². The van der Waals surface area contributed by atoms with Gasteiger partial charge in [-0.3, -0.25) is 9.69 Å². The summed E-state index contributed by atoms with van der Waals surface area (Å²) in [5, 5.41) is 0. The Hall–Kier alpha value is -0.650. The van der Waals surface area contributed by atoms with Crippen molar-refractivity contribution in [1.29, 1.82) is 0 Å². The van der Waals surface area contributed by atoms with Crippen LogP contribution in [0.3, 0.4) is 0 Å². The molecule has 0 aromatic rings. The Balaban J connectivity index is 2.04. The number of carbonyl (C=O) groups is 1. The normalized spacial score (nSPS) is 18.6. The monoisotopic (exact) mass is 539 g/mol. The van der Waals surface area contributed by atoms with Gasteiger partial charge in [0.05, 0.1) is 26.4 Å². The molecular formula is C33H65NO4. The fraction of sp³-hybridized carbons (Fsp3) is 0.970. The minimum atomic E-state index is 0.00332. The van der Waals surface area contributed by atoms with Crippen LogP contribution in [0.1, 0.15) is 143 Å². The standard InChI is InChI=1S/C33H65NO4/c1-6-8-10-12-14-15-17-20-25-38-28-34(4)29(3)27-37-24-21-19-23-31(33(35)36-5)32-26-30(32)22-18-16-13-11-9-7-2/h29-32H,6-28H2,1-5H3. The van der Waals surface area contributed by atoms with E-state index in [0.717, 1.165) is 45.0 Å². The van der Waals surface area contributed by atoms with Gasteiger partial charge in [-0.15, -0.1) is 0 Å². The SMILES string of the molecule is CCCCCCCCCCOCN(C)C(C)COCCCCC(C(=O)OC)C1CC1CCCCCCCC. The van der Waals surface area contributed by atoms with Crippen LogP contribution in [0, 0.1) is 17.8 Å². The zero-order chi connectivity index (χ0) is 27.8. The Bertz CT molecular complexity index is 543. The van der Waals surface area contributed by atoms with Crippen molar-refractivity contribution in [1.82, 2.24) is 4.90 Å². The first-order valence-corrected chi connectivity index (χ1v) is 16.5. The van der Waals surface area contributed by atoms with Crippen LogP contribution < -0.4 is 0 Å². The van der Waals surface area contributed by atoms with Crippen LogP contribution in [-0.4, -0.2) is 57.6 Å². The van der Waals surface area contributed by atoms with Gasteiger partial charge in [-0.2, -0.15) is 0 Å².